The number of rotatable bonds is 5. The average molecular weight is 256 g/mol. The molecule has 1 saturated carbocycles. The summed E-state index contributed by atoms with van der Waals surface area (Å²) in [5, 5.41) is 30.3. The van der Waals surface area contributed by atoms with Gasteiger partial charge in [0.05, 0.1) is 0 Å². The Labute approximate surface area is 107 Å². The van der Waals surface area contributed by atoms with Crippen molar-refractivity contribution in [3.8, 4) is 0 Å². The molecule has 0 aromatic heterocycles. The molecule has 4 unspecified atom stereocenters. The number of fused-ring (bicyclic) bond motifs is 1. The minimum atomic E-state index is -1.32. The molecule has 4 atom stereocenters. The minimum absolute atomic E-state index is 0.000880. The molecule has 102 valence electrons. The number of nitrogens with one attached hydrogen (secondary N) is 1. The maximum Gasteiger partial charge on any atom is 0.451 e. The predicted molar refractivity (Wildman–Crippen MR) is 66.7 cm³/mol. The zero-order chi connectivity index (χ0) is 13.3. The fraction of sp³-hybridized carbons (Fsp3) is 0.909. The third-order valence-electron chi connectivity index (χ3n) is 4.60. The molecule has 18 heavy (non-hydrogen) atoms. The number of aliphatic carboxylic acids is 1. The second kappa shape index (κ2) is 5.17. The summed E-state index contributed by atoms with van der Waals surface area (Å²) in [6.07, 6.45) is 2.34. The van der Waals surface area contributed by atoms with Crippen LogP contribution in [-0.2, 0) is 4.79 Å². The van der Waals surface area contributed by atoms with Crippen LogP contribution in [0.4, 0.5) is 0 Å². The van der Waals surface area contributed by atoms with Crippen LogP contribution < -0.4 is 11.1 Å². The number of carboxylic acid groups (broad SMARTS) is 1. The van der Waals surface area contributed by atoms with Crippen LogP contribution in [0.15, 0.2) is 0 Å². The van der Waals surface area contributed by atoms with Crippen molar-refractivity contribution in [3.05, 3.63) is 0 Å². The molecule has 2 fully saturated rings. The summed E-state index contributed by atoms with van der Waals surface area (Å²) in [5.41, 5.74) is 5.03. The zero-order valence-corrected chi connectivity index (χ0v) is 10.4. The van der Waals surface area contributed by atoms with Gasteiger partial charge < -0.3 is 26.2 Å². The first-order valence-corrected chi connectivity index (χ1v) is 6.55. The van der Waals surface area contributed by atoms with Crippen LogP contribution in [-0.4, -0.2) is 46.9 Å². The zero-order valence-electron chi connectivity index (χ0n) is 10.4. The van der Waals surface area contributed by atoms with Crippen LogP contribution in [0, 0.1) is 17.8 Å². The molecule has 0 radical (unpaired) electrons. The predicted octanol–water partition coefficient (Wildman–Crippen LogP) is -1.12. The summed E-state index contributed by atoms with van der Waals surface area (Å²) in [4.78, 5) is 11.5. The molecule has 2 aliphatic rings. The quantitative estimate of drug-likeness (QED) is 0.398. The number of carbonyl (C=O) groups is 1. The lowest BCUT2D eigenvalue weighted by Gasteiger charge is -2.31. The van der Waals surface area contributed by atoms with Crippen molar-refractivity contribution < 1.29 is 19.9 Å². The van der Waals surface area contributed by atoms with Gasteiger partial charge in [0, 0.05) is 12.5 Å². The van der Waals surface area contributed by atoms with E-state index in [1.807, 2.05) is 0 Å². The summed E-state index contributed by atoms with van der Waals surface area (Å²) >= 11 is 0. The molecule has 0 bridgehead atoms. The first-order valence-electron chi connectivity index (χ1n) is 6.55. The van der Waals surface area contributed by atoms with Crippen LogP contribution in [0.2, 0.25) is 6.32 Å². The molecule has 1 aliphatic heterocycles. The van der Waals surface area contributed by atoms with Crippen molar-refractivity contribution >= 4 is 13.1 Å². The average Bonchev–Trinajstić information content (AvgIpc) is 2.82. The molecule has 7 heteroatoms. The van der Waals surface area contributed by atoms with Crippen LogP contribution in [0.1, 0.15) is 19.3 Å². The molecular weight excluding hydrogens is 235 g/mol. The normalized spacial score (nSPS) is 38.7. The number of hydrogen-bond donors (Lipinski definition) is 5. The molecule has 0 amide bonds. The van der Waals surface area contributed by atoms with Gasteiger partial charge in [-0.05, 0) is 37.5 Å². The molecule has 0 aromatic carbocycles. The fourth-order valence-corrected chi connectivity index (χ4v) is 3.64. The van der Waals surface area contributed by atoms with Crippen molar-refractivity contribution in [1.29, 1.82) is 0 Å². The van der Waals surface area contributed by atoms with Gasteiger partial charge in [0.2, 0.25) is 0 Å². The highest BCUT2D eigenvalue weighted by molar-refractivity contribution is 6.40. The second-order valence-electron chi connectivity index (χ2n) is 5.61. The Morgan fingerprint density at radius 3 is 2.78 bits per heavy atom. The summed E-state index contributed by atoms with van der Waals surface area (Å²) in [5.74, 6) is -0.645. The molecular formula is C11H21BN2O4. The lowest BCUT2D eigenvalue weighted by molar-refractivity contribution is -0.146. The van der Waals surface area contributed by atoms with E-state index < -0.39 is 18.6 Å². The number of nitrogens with two attached hydrogens (primary N) is 1. The van der Waals surface area contributed by atoms with Crippen molar-refractivity contribution in [2.24, 2.45) is 23.5 Å². The Morgan fingerprint density at radius 1 is 1.44 bits per heavy atom. The maximum absolute atomic E-state index is 11.5. The van der Waals surface area contributed by atoms with E-state index in [9.17, 15) is 9.90 Å². The third kappa shape index (κ3) is 2.27. The largest absolute Gasteiger partial charge is 0.480 e. The molecule has 0 spiro atoms. The maximum atomic E-state index is 11.5. The lowest BCUT2D eigenvalue weighted by atomic mass is 9.76. The molecule has 6 N–H and O–H groups in total. The topological polar surface area (TPSA) is 116 Å². The third-order valence-corrected chi connectivity index (χ3v) is 4.60. The Balaban J connectivity index is 2.03. The van der Waals surface area contributed by atoms with E-state index in [2.05, 4.69) is 5.32 Å². The van der Waals surface area contributed by atoms with Crippen molar-refractivity contribution in [1.82, 2.24) is 5.32 Å². The van der Waals surface area contributed by atoms with Crippen molar-refractivity contribution in [2.75, 3.05) is 13.1 Å². The summed E-state index contributed by atoms with van der Waals surface area (Å²) in [6.45, 7) is 1.52. The van der Waals surface area contributed by atoms with E-state index in [1.54, 1.807) is 0 Å². The highest BCUT2D eigenvalue weighted by Crippen LogP contribution is 2.47. The van der Waals surface area contributed by atoms with Gasteiger partial charge in [-0.2, -0.15) is 0 Å². The van der Waals surface area contributed by atoms with Gasteiger partial charge in [0.1, 0.15) is 5.54 Å². The number of hydrogen-bond acceptors (Lipinski definition) is 5. The summed E-state index contributed by atoms with van der Waals surface area (Å²) in [7, 11) is -1.32. The van der Waals surface area contributed by atoms with Gasteiger partial charge in [-0.3, -0.25) is 4.79 Å². The van der Waals surface area contributed by atoms with Gasteiger partial charge in [-0.25, -0.2) is 0 Å². The smallest absolute Gasteiger partial charge is 0.451 e. The van der Waals surface area contributed by atoms with Gasteiger partial charge in [0.15, 0.2) is 0 Å². The molecule has 2 rings (SSSR count). The first-order chi connectivity index (χ1) is 8.46. The van der Waals surface area contributed by atoms with Gasteiger partial charge in [0.25, 0.3) is 0 Å². The second-order valence-corrected chi connectivity index (χ2v) is 5.61. The Bertz CT molecular complexity index is 328. The number of carboxylic acids is 1. The SMILES string of the molecule is NC1(C(=O)O)C(CCCB(O)O)CC2CNCC21. The van der Waals surface area contributed by atoms with Crippen molar-refractivity contribution in [3.63, 3.8) is 0 Å². The molecule has 1 heterocycles. The summed E-state index contributed by atoms with van der Waals surface area (Å²) < 4.78 is 0. The van der Waals surface area contributed by atoms with E-state index in [4.69, 9.17) is 15.8 Å². The van der Waals surface area contributed by atoms with Gasteiger partial charge in [-0.15, -0.1) is 0 Å². The van der Waals surface area contributed by atoms with Crippen LogP contribution in [0.3, 0.4) is 0 Å². The Kier molecular flexibility index (Phi) is 3.96. The van der Waals surface area contributed by atoms with Crippen molar-refractivity contribution in [2.45, 2.75) is 31.1 Å². The molecule has 1 aliphatic carbocycles. The van der Waals surface area contributed by atoms with Crippen LogP contribution >= 0.6 is 0 Å². The lowest BCUT2D eigenvalue weighted by Crippen LogP contribution is -2.57. The van der Waals surface area contributed by atoms with Gasteiger partial charge in [-0.1, -0.05) is 6.42 Å². The minimum Gasteiger partial charge on any atom is -0.480 e. The van der Waals surface area contributed by atoms with E-state index in [1.165, 1.54) is 0 Å². The first kappa shape index (κ1) is 13.8. The van der Waals surface area contributed by atoms with Crippen LogP contribution in [0.5, 0.6) is 0 Å². The Morgan fingerprint density at radius 2 is 2.17 bits per heavy atom. The molecule has 6 nitrogen and oxygen atoms in total. The van der Waals surface area contributed by atoms with Crippen LogP contribution in [0.25, 0.3) is 0 Å². The Hall–Kier alpha value is -0.625. The van der Waals surface area contributed by atoms with E-state index in [0.717, 1.165) is 13.0 Å². The monoisotopic (exact) mass is 256 g/mol. The van der Waals surface area contributed by atoms with Gasteiger partial charge >= 0.3 is 13.1 Å². The molecule has 1 saturated heterocycles. The highest BCUT2D eigenvalue weighted by Gasteiger charge is 2.58. The highest BCUT2D eigenvalue weighted by atomic mass is 16.4. The standard InChI is InChI=1S/C11H21BN2O4/c13-11(10(15)16)8(2-1-3-12(17)18)4-7-5-14-6-9(7)11/h7-9,14,17-18H,1-6,13H2,(H,15,16). The summed E-state index contributed by atoms with van der Waals surface area (Å²) in [6, 6.07) is 0. The fourth-order valence-electron chi connectivity index (χ4n) is 3.64. The van der Waals surface area contributed by atoms with E-state index in [0.29, 0.717) is 25.3 Å². The van der Waals surface area contributed by atoms with E-state index >= 15 is 0 Å². The molecule has 0 aromatic rings. The van der Waals surface area contributed by atoms with E-state index in [-0.39, 0.29) is 18.2 Å².